The number of hydrogen-bond donors (Lipinski definition) is 1. The maximum Gasteiger partial charge on any atom is 0.308 e. The maximum atomic E-state index is 13.0. The largest absolute Gasteiger partial charge is 0.456 e. The summed E-state index contributed by atoms with van der Waals surface area (Å²) in [5, 5.41) is 0.466. The lowest BCUT2D eigenvalue weighted by Crippen LogP contribution is -2.33. The van der Waals surface area contributed by atoms with Crippen LogP contribution in [0.15, 0.2) is 65.1 Å². The molecule has 0 aromatic heterocycles. The highest BCUT2D eigenvalue weighted by molar-refractivity contribution is 7.89. The van der Waals surface area contributed by atoms with Crippen LogP contribution in [0.4, 0.5) is 0 Å². The van der Waals surface area contributed by atoms with E-state index in [2.05, 4.69) is 4.72 Å². The van der Waals surface area contributed by atoms with Gasteiger partial charge in [-0.15, -0.1) is 0 Å². The molecule has 0 saturated carbocycles. The summed E-state index contributed by atoms with van der Waals surface area (Å²) >= 11 is 12.1. The number of rotatable bonds is 5. The summed E-state index contributed by atoms with van der Waals surface area (Å²) in [5.74, 6) is -2.67. The van der Waals surface area contributed by atoms with Crippen LogP contribution in [0.25, 0.3) is 0 Å². The molecular formula is C19H15Cl2NO6S. The zero-order valence-corrected chi connectivity index (χ0v) is 17.6. The Morgan fingerprint density at radius 1 is 1.14 bits per heavy atom. The van der Waals surface area contributed by atoms with Crippen LogP contribution in [0.5, 0.6) is 0 Å². The number of sulfonamides is 1. The summed E-state index contributed by atoms with van der Waals surface area (Å²) in [7, 11) is -4.12. The van der Waals surface area contributed by atoms with Gasteiger partial charge in [0.25, 0.3) is 21.7 Å². The monoisotopic (exact) mass is 455 g/mol. The van der Waals surface area contributed by atoms with Gasteiger partial charge in [0.05, 0.1) is 4.90 Å². The van der Waals surface area contributed by atoms with Crippen molar-refractivity contribution in [3.63, 3.8) is 0 Å². The van der Waals surface area contributed by atoms with Crippen molar-refractivity contribution in [1.82, 2.24) is 4.72 Å². The van der Waals surface area contributed by atoms with Crippen molar-refractivity contribution in [3.8, 4) is 0 Å². The summed E-state index contributed by atoms with van der Waals surface area (Å²) in [6.45, 7) is 2.46. The van der Waals surface area contributed by atoms with Crippen molar-refractivity contribution < 1.29 is 27.5 Å². The third kappa shape index (κ3) is 4.10. The van der Waals surface area contributed by atoms with Crippen LogP contribution in [-0.2, 0) is 34.7 Å². The average Bonchev–Trinajstić information content (AvgIpc) is 2.86. The molecular weight excluding hydrogens is 441 g/mol. The van der Waals surface area contributed by atoms with E-state index in [1.807, 2.05) is 0 Å². The van der Waals surface area contributed by atoms with Gasteiger partial charge in [0.15, 0.2) is 0 Å². The highest BCUT2D eigenvalue weighted by atomic mass is 35.5. The number of carbonyl (C=O) groups is 2. The van der Waals surface area contributed by atoms with Crippen LogP contribution in [0.3, 0.4) is 0 Å². The Morgan fingerprint density at radius 3 is 2.38 bits per heavy atom. The Bertz CT molecular complexity index is 1130. The summed E-state index contributed by atoms with van der Waals surface area (Å²) in [4.78, 5) is 24.5. The van der Waals surface area contributed by atoms with Crippen molar-refractivity contribution in [2.75, 3.05) is 0 Å². The number of ketones is 1. The first-order valence-electron chi connectivity index (χ1n) is 8.24. The first-order valence-corrected chi connectivity index (χ1v) is 10.5. The zero-order chi connectivity index (χ0) is 21.4. The van der Waals surface area contributed by atoms with Gasteiger partial charge in [0.1, 0.15) is 0 Å². The van der Waals surface area contributed by atoms with Gasteiger partial charge in [0.2, 0.25) is 11.4 Å². The molecule has 3 rings (SSSR count). The average molecular weight is 456 g/mol. The summed E-state index contributed by atoms with van der Waals surface area (Å²) in [6.07, 6.45) is 0. The topological polar surface area (TPSA) is 98.8 Å². The molecule has 1 atom stereocenters. The van der Waals surface area contributed by atoms with Gasteiger partial charge in [-0.05, 0) is 31.2 Å². The standard InChI is InChI=1S/C19H15Cl2NO6S/c1-11(23)27-16-17(24)19(2,14-9-8-12(20)10-15(14)21)28-18(16)22-29(25,26)13-6-4-3-5-7-13/h3-10,22H,1-2H3. The van der Waals surface area contributed by atoms with Crippen LogP contribution in [0.1, 0.15) is 19.4 Å². The molecule has 1 N–H and O–H groups in total. The Morgan fingerprint density at radius 2 is 1.79 bits per heavy atom. The minimum atomic E-state index is -4.12. The highest BCUT2D eigenvalue weighted by Gasteiger charge is 2.51. The number of hydrogen-bond acceptors (Lipinski definition) is 6. The number of carbonyl (C=O) groups excluding carboxylic acids is 2. The molecule has 1 aliphatic heterocycles. The number of nitrogens with one attached hydrogen (secondary N) is 1. The van der Waals surface area contributed by atoms with Gasteiger partial charge in [-0.2, -0.15) is 0 Å². The zero-order valence-electron chi connectivity index (χ0n) is 15.2. The molecule has 1 heterocycles. The van der Waals surface area contributed by atoms with E-state index in [0.29, 0.717) is 5.02 Å². The van der Waals surface area contributed by atoms with Crippen LogP contribution < -0.4 is 4.72 Å². The minimum Gasteiger partial charge on any atom is -0.456 e. The number of esters is 1. The molecule has 2 aromatic carbocycles. The molecule has 10 heteroatoms. The third-order valence-corrected chi connectivity index (χ3v) is 6.02. The van der Waals surface area contributed by atoms with Crippen molar-refractivity contribution in [3.05, 3.63) is 75.8 Å². The predicted molar refractivity (Wildman–Crippen MR) is 105 cm³/mol. The number of benzene rings is 2. The highest BCUT2D eigenvalue weighted by Crippen LogP contribution is 2.42. The van der Waals surface area contributed by atoms with E-state index in [1.54, 1.807) is 6.07 Å². The van der Waals surface area contributed by atoms with Gasteiger partial charge in [-0.25, -0.2) is 13.1 Å². The molecule has 152 valence electrons. The van der Waals surface area contributed by atoms with Crippen molar-refractivity contribution in [2.24, 2.45) is 0 Å². The molecule has 0 aliphatic carbocycles. The fraction of sp³-hybridized carbons (Fsp3) is 0.158. The fourth-order valence-corrected chi connectivity index (χ4v) is 4.35. The SMILES string of the molecule is CC(=O)OC1=C(NS(=O)(=O)c2ccccc2)OC(C)(c2ccc(Cl)cc2Cl)C1=O. The van der Waals surface area contributed by atoms with Crippen LogP contribution in [0, 0.1) is 0 Å². The molecule has 1 unspecified atom stereocenters. The molecule has 0 spiro atoms. The van der Waals surface area contributed by atoms with E-state index in [-0.39, 0.29) is 15.5 Å². The lowest BCUT2D eigenvalue weighted by atomic mass is 9.91. The quantitative estimate of drug-likeness (QED) is 0.692. The predicted octanol–water partition coefficient (Wildman–Crippen LogP) is 3.52. The normalized spacial score (nSPS) is 19.1. The third-order valence-electron chi connectivity index (χ3n) is 4.12. The number of ether oxygens (including phenoxy) is 2. The molecule has 0 fully saturated rings. The van der Waals surface area contributed by atoms with E-state index < -0.39 is 39.0 Å². The van der Waals surface area contributed by atoms with Crippen molar-refractivity contribution in [1.29, 1.82) is 0 Å². The van der Waals surface area contributed by atoms with E-state index in [1.165, 1.54) is 49.4 Å². The molecule has 0 radical (unpaired) electrons. The second-order valence-corrected chi connectivity index (χ2v) is 8.79. The lowest BCUT2D eigenvalue weighted by Gasteiger charge is -2.24. The molecule has 0 amide bonds. The van der Waals surface area contributed by atoms with Gasteiger partial charge in [-0.3, -0.25) is 9.59 Å². The molecule has 2 aromatic rings. The van der Waals surface area contributed by atoms with E-state index in [4.69, 9.17) is 32.7 Å². The fourth-order valence-electron chi connectivity index (χ4n) is 2.75. The molecule has 29 heavy (non-hydrogen) atoms. The first kappa shape index (κ1) is 21.2. The molecule has 0 bridgehead atoms. The Kier molecular flexibility index (Phi) is 5.62. The Labute approximate surface area is 177 Å². The van der Waals surface area contributed by atoms with E-state index in [0.717, 1.165) is 6.92 Å². The van der Waals surface area contributed by atoms with Gasteiger partial charge in [-0.1, -0.05) is 47.5 Å². The second kappa shape index (κ2) is 7.70. The van der Waals surface area contributed by atoms with Gasteiger partial charge < -0.3 is 9.47 Å². The summed E-state index contributed by atoms with van der Waals surface area (Å²) < 4.78 is 38.1. The first-order chi connectivity index (χ1) is 13.5. The second-order valence-electron chi connectivity index (χ2n) is 6.26. The van der Waals surface area contributed by atoms with Crippen LogP contribution in [0.2, 0.25) is 10.0 Å². The van der Waals surface area contributed by atoms with E-state index >= 15 is 0 Å². The summed E-state index contributed by atoms with van der Waals surface area (Å²) in [6, 6.07) is 11.8. The van der Waals surface area contributed by atoms with E-state index in [9.17, 15) is 18.0 Å². The Balaban J connectivity index is 2.05. The molecule has 0 saturated heterocycles. The molecule has 7 nitrogen and oxygen atoms in total. The van der Waals surface area contributed by atoms with Crippen LogP contribution >= 0.6 is 23.2 Å². The lowest BCUT2D eigenvalue weighted by molar-refractivity contribution is -0.142. The summed E-state index contributed by atoms with van der Waals surface area (Å²) in [5.41, 5.74) is -1.51. The van der Waals surface area contributed by atoms with Crippen molar-refractivity contribution in [2.45, 2.75) is 24.3 Å². The van der Waals surface area contributed by atoms with Crippen LogP contribution in [-0.4, -0.2) is 20.2 Å². The minimum absolute atomic E-state index is 0.0659. The smallest absolute Gasteiger partial charge is 0.308 e. The Hall–Kier alpha value is -2.55. The number of halogens is 2. The van der Waals surface area contributed by atoms with Gasteiger partial charge in [0, 0.05) is 22.5 Å². The van der Waals surface area contributed by atoms with Gasteiger partial charge >= 0.3 is 5.97 Å². The van der Waals surface area contributed by atoms with Crippen molar-refractivity contribution >= 4 is 45.0 Å². The maximum absolute atomic E-state index is 13.0. The molecule has 1 aliphatic rings. The number of Topliss-reactive ketones (excluding diaryl/α,β-unsaturated/α-hetero) is 1.